The van der Waals surface area contributed by atoms with Crippen LogP contribution in [0.3, 0.4) is 0 Å². The summed E-state index contributed by atoms with van der Waals surface area (Å²) in [4.78, 5) is 29.7. The Labute approximate surface area is 104 Å². The lowest BCUT2D eigenvalue weighted by Gasteiger charge is -2.04. The van der Waals surface area contributed by atoms with Gasteiger partial charge in [-0.15, -0.1) is 0 Å². The van der Waals surface area contributed by atoms with Gasteiger partial charge in [0.25, 0.3) is 11.5 Å². The topological polar surface area (TPSA) is 74.8 Å². The van der Waals surface area contributed by atoms with Crippen LogP contribution in [0.15, 0.2) is 41.6 Å². The van der Waals surface area contributed by atoms with Crippen LogP contribution in [0.2, 0.25) is 0 Å². The van der Waals surface area contributed by atoms with E-state index in [1.165, 1.54) is 12.5 Å². The van der Waals surface area contributed by atoms with Gasteiger partial charge in [0.05, 0.1) is 11.9 Å². The van der Waals surface area contributed by atoms with Gasteiger partial charge in [0, 0.05) is 18.3 Å². The molecule has 2 N–H and O–H groups in total. The summed E-state index contributed by atoms with van der Waals surface area (Å²) in [5, 5.41) is 2.71. The largest absolute Gasteiger partial charge is 0.352 e. The number of aromatic nitrogens is 2. The second kappa shape index (κ2) is 5.27. The number of H-pyrrole nitrogens is 1. The summed E-state index contributed by atoms with van der Waals surface area (Å²) in [5.74, 6) is -0.153. The highest BCUT2D eigenvalue weighted by Gasteiger charge is 2.07. The predicted molar refractivity (Wildman–Crippen MR) is 68.3 cm³/mol. The van der Waals surface area contributed by atoms with Gasteiger partial charge < -0.3 is 10.3 Å². The van der Waals surface area contributed by atoms with Crippen molar-refractivity contribution in [2.45, 2.75) is 6.92 Å². The summed E-state index contributed by atoms with van der Waals surface area (Å²) in [6.45, 7) is 2.42. The first-order chi connectivity index (χ1) is 8.72. The third kappa shape index (κ3) is 2.45. The molecule has 0 spiro atoms. The number of benzene rings is 1. The molecule has 18 heavy (non-hydrogen) atoms. The molecule has 1 heterocycles. The molecule has 1 aromatic heterocycles. The Bertz CT molecular complexity index is 619. The van der Waals surface area contributed by atoms with E-state index in [4.69, 9.17) is 0 Å². The maximum atomic E-state index is 11.7. The van der Waals surface area contributed by atoms with Crippen LogP contribution >= 0.6 is 0 Å². The fraction of sp³-hybridized carbons (Fsp3) is 0.154. The van der Waals surface area contributed by atoms with Crippen molar-refractivity contribution in [3.8, 4) is 11.1 Å². The minimum atomic E-state index is -0.224. The molecule has 92 valence electrons. The van der Waals surface area contributed by atoms with Crippen molar-refractivity contribution in [2.75, 3.05) is 6.54 Å². The molecular formula is C13H13N3O2. The van der Waals surface area contributed by atoms with E-state index in [0.29, 0.717) is 23.2 Å². The van der Waals surface area contributed by atoms with Gasteiger partial charge in [-0.05, 0) is 24.6 Å². The van der Waals surface area contributed by atoms with Gasteiger partial charge in [0.1, 0.15) is 0 Å². The molecule has 1 amide bonds. The average molecular weight is 243 g/mol. The molecule has 0 saturated heterocycles. The monoisotopic (exact) mass is 243 g/mol. The van der Waals surface area contributed by atoms with E-state index < -0.39 is 0 Å². The van der Waals surface area contributed by atoms with Crippen molar-refractivity contribution < 1.29 is 4.79 Å². The van der Waals surface area contributed by atoms with Gasteiger partial charge in [0.15, 0.2) is 0 Å². The number of aromatic amines is 1. The first-order valence-corrected chi connectivity index (χ1v) is 5.63. The molecule has 5 heteroatoms. The molecule has 0 fully saturated rings. The normalized spacial score (nSPS) is 10.1. The Balaban J connectivity index is 2.42. The zero-order valence-corrected chi connectivity index (χ0v) is 9.93. The van der Waals surface area contributed by atoms with Gasteiger partial charge in [0.2, 0.25) is 0 Å². The standard InChI is InChI=1S/C13H13N3O2/c1-2-15-12(17)10-5-3-4-9(6-10)11-7-14-8-16-13(11)18/h3-8H,2H2,1H3,(H,15,17)(H,14,16,18). The van der Waals surface area contributed by atoms with Gasteiger partial charge in [-0.25, -0.2) is 4.98 Å². The molecule has 0 saturated carbocycles. The Kier molecular flexibility index (Phi) is 3.52. The highest BCUT2D eigenvalue weighted by molar-refractivity contribution is 5.95. The number of amides is 1. The van der Waals surface area contributed by atoms with Crippen molar-refractivity contribution in [3.63, 3.8) is 0 Å². The zero-order chi connectivity index (χ0) is 13.0. The molecule has 0 unspecified atom stereocenters. The Morgan fingerprint density at radius 2 is 2.28 bits per heavy atom. The maximum absolute atomic E-state index is 11.7. The summed E-state index contributed by atoms with van der Waals surface area (Å²) in [5.41, 5.74) is 1.42. The fourth-order valence-electron chi connectivity index (χ4n) is 1.64. The summed E-state index contributed by atoms with van der Waals surface area (Å²) in [6, 6.07) is 6.90. The Morgan fingerprint density at radius 3 is 3.00 bits per heavy atom. The van der Waals surface area contributed by atoms with Gasteiger partial charge in [-0.2, -0.15) is 0 Å². The minimum absolute atomic E-state index is 0.153. The van der Waals surface area contributed by atoms with Crippen molar-refractivity contribution in [1.29, 1.82) is 0 Å². The average Bonchev–Trinajstić information content (AvgIpc) is 2.40. The maximum Gasteiger partial charge on any atom is 0.258 e. The van der Waals surface area contributed by atoms with E-state index in [2.05, 4.69) is 15.3 Å². The summed E-state index contributed by atoms with van der Waals surface area (Å²) in [7, 11) is 0. The van der Waals surface area contributed by atoms with Crippen molar-refractivity contribution >= 4 is 5.91 Å². The van der Waals surface area contributed by atoms with Gasteiger partial charge >= 0.3 is 0 Å². The number of hydrogen-bond donors (Lipinski definition) is 2. The Morgan fingerprint density at radius 1 is 1.44 bits per heavy atom. The molecule has 0 aliphatic heterocycles. The molecule has 1 aromatic carbocycles. The van der Waals surface area contributed by atoms with E-state index >= 15 is 0 Å². The van der Waals surface area contributed by atoms with Crippen molar-refractivity contribution in [3.05, 3.63) is 52.7 Å². The number of nitrogens with zero attached hydrogens (tertiary/aromatic N) is 1. The highest BCUT2D eigenvalue weighted by Crippen LogP contribution is 2.15. The van der Waals surface area contributed by atoms with Crippen LogP contribution in [-0.4, -0.2) is 22.4 Å². The second-order valence-corrected chi connectivity index (χ2v) is 3.73. The van der Waals surface area contributed by atoms with Crippen LogP contribution in [0.4, 0.5) is 0 Å². The quantitative estimate of drug-likeness (QED) is 0.850. The first-order valence-electron chi connectivity index (χ1n) is 5.63. The van der Waals surface area contributed by atoms with Crippen LogP contribution in [0.1, 0.15) is 17.3 Å². The van der Waals surface area contributed by atoms with Crippen LogP contribution in [0.5, 0.6) is 0 Å². The number of carbonyl (C=O) groups excluding carboxylic acids is 1. The highest BCUT2D eigenvalue weighted by atomic mass is 16.1. The Hall–Kier alpha value is -2.43. The van der Waals surface area contributed by atoms with E-state index in [-0.39, 0.29) is 11.5 Å². The minimum Gasteiger partial charge on any atom is -0.352 e. The SMILES string of the molecule is CCNC(=O)c1cccc(-c2cnc[nH]c2=O)c1. The molecule has 2 aromatic rings. The molecule has 0 radical (unpaired) electrons. The van der Waals surface area contributed by atoms with E-state index in [1.54, 1.807) is 24.3 Å². The van der Waals surface area contributed by atoms with Crippen LogP contribution in [0.25, 0.3) is 11.1 Å². The fourth-order valence-corrected chi connectivity index (χ4v) is 1.64. The second-order valence-electron chi connectivity index (χ2n) is 3.73. The predicted octanol–water partition coefficient (Wildman–Crippen LogP) is 1.19. The third-order valence-corrected chi connectivity index (χ3v) is 2.49. The van der Waals surface area contributed by atoms with Crippen LogP contribution < -0.4 is 10.9 Å². The van der Waals surface area contributed by atoms with Crippen LogP contribution in [-0.2, 0) is 0 Å². The molecule has 0 aliphatic carbocycles. The lowest BCUT2D eigenvalue weighted by Crippen LogP contribution is -2.22. The molecular weight excluding hydrogens is 230 g/mol. The van der Waals surface area contributed by atoms with Crippen molar-refractivity contribution in [1.82, 2.24) is 15.3 Å². The van der Waals surface area contributed by atoms with Gasteiger partial charge in [-0.3, -0.25) is 9.59 Å². The molecule has 0 aliphatic rings. The molecule has 0 atom stereocenters. The number of nitrogens with one attached hydrogen (secondary N) is 2. The molecule has 5 nitrogen and oxygen atoms in total. The summed E-state index contributed by atoms with van der Waals surface area (Å²) >= 11 is 0. The van der Waals surface area contributed by atoms with E-state index in [0.717, 1.165) is 0 Å². The lowest BCUT2D eigenvalue weighted by atomic mass is 10.1. The van der Waals surface area contributed by atoms with E-state index in [9.17, 15) is 9.59 Å². The zero-order valence-electron chi connectivity index (χ0n) is 9.93. The number of carbonyl (C=O) groups is 1. The summed E-state index contributed by atoms with van der Waals surface area (Å²) < 4.78 is 0. The lowest BCUT2D eigenvalue weighted by molar-refractivity contribution is 0.0956. The number of hydrogen-bond acceptors (Lipinski definition) is 3. The van der Waals surface area contributed by atoms with Gasteiger partial charge in [-0.1, -0.05) is 12.1 Å². The molecule has 2 rings (SSSR count). The first kappa shape index (κ1) is 12.0. The molecule has 0 bridgehead atoms. The smallest absolute Gasteiger partial charge is 0.258 e. The summed E-state index contributed by atoms with van der Waals surface area (Å²) in [6.07, 6.45) is 2.81. The third-order valence-electron chi connectivity index (χ3n) is 2.49. The van der Waals surface area contributed by atoms with E-state index in [1.807, 2.05) is 6.92 Å². The number of rotatable bonds is 3. The van der Waals surface area contributed by atoms with Crippen LogP contribution in [0, 0.1) is 0 Å². The van der Waals surface area contributed by atoms with Crippen molar-refractivity contribution in [2.24, 2.45) is 0 Å².